The molecule has 3 nitrogen and oxygen atoms in total. The molecule has 0 amide bonds. The number of thiocarbonyl (C=S) groups is 1. The van der Waals surface area contributed by atoms with Gasteiger partial charge in [0.15, 0.2) is 0 Å². The molecular weight excluding hydrogens is 254 g/mol. The molecule has 0 unspecified atom stereocenters. The van der Waals surface area contributed by atoms with E-state index in [4.69, 9.17) is 0 Å². The highest BCUT2D eigenvalue weighted by Gasteiger charge is 2.17. The van der Waals surface area contributed by atoms with Crippen LogP contribution in [0.15, 0.2) is 29.3 Å². The Labute approximate surface area is 120 Å². The number of rotatable bonds is 4. The summed E-state index contributed by atoms with van der Waals surface area (Å²) in [6.45, 7) is 10.3. The quantitative estimate of drug-likeness (QED) is 0.621. The minimum absolute atomic E-state index is 0.748. The van der Waals surface area contributed by atoms with E-state index in [0.29, 0.717) is 0 Å². The van der Waals surface area contributed by atoms with Crippen LogP contribution in [0.2, 0.25) is 0 Å². The highest BCUT2D eigenvalue weighted by Crippen LogP contribution is 2.21. The molecule has 1 saturated heterocycles. The molecule has 0 spiro atoms. The highest BCUT2D eigenvalue weighted by molar-refractivity contribution is 7.78. The number of hydrogen-bond donors (Lipinski definition) is 0. The zero-order valence-corrected chi connectivity index (χ0v) is 12.5. The van der Waals surface area contributed by atoms with Crippen LogP contribution in [-0.4, -0.2) is 42.8 Å². The smallest absolute Gasteiger partial charge is 0.0741 e. The van der Waals surface area contributed by atoms with E-state index in [2.05, 4.69) is 58.2 Å². The molecule has 2 rings (SSSR count). The topological polar surface area (TPSA) is 18.8 Å². The predicted octanol–water partition coefficient (Wildman–Crippen LogP) is 3.20. The SMILES string of the molecule is CC(C)CN1CCN(c2ccc(N=C=S)cc2)CC1. The van der Waals surface area contributed by atoms with Crippen LogP contribution in [0.4, 0.5) is 11.4 Å². The third kappa shape index (κ3) is 4.13. The first-order valence-electron chi connectivity index (χ1n) is 6.84. The van der Waals surface area contributed by atoms with Gasteiger partial charge in [-0.1, -0.05) is 13.8 Å². The number of nitrogens with zero attached hydrogens (tertiary/aromatic N) is 3. The molecular formula is C15H21N3S. The van der Waals surface area contributed by atoms with Crippen LogP contribution in [0, 0.1) is 5.92 Å². The van der Waals surface area contributed by atoms with E-state index < -0.39 is 0 Å². The van der Waals surface area contributed by atoms with Gasteiger partial charge in [0.1, 0.15) is 0 Å². The van der Waals surface area contributed by atoms with Gasteiger partial charge in [-0.15, -0.1) is 0 Å². The fraction of sp³-hybridized carbons (Fsp3) is 0.533. The largest absolute Gasteiger partial charge is 0.369 e. The Bertz CT molecular complexity index is 441. The van der Waals surface area contributed by atoms with Gasteiger partial charge < -0.3 is 4.90 Å². The zero-order chi connectivity index (χ0) is 13.7. The third-order valence-electron chi connectivity index (χ3n) is 3.39. The van der Waals surface area contributed by atoms with Gasteiger partial charge in [-0.25, -0.2) is 0 Å². The summed E-state index contributed by atoms with van der Waals surface area (Å²) in [5, 5.41) is 2.40. The van der Waals surface area contributed by atoms with Crippen LogP contribution in [0.25, 0.3) is 0 Å². The van der Waals surface area contributed by atoms with Crippen molar-refractivity contribution in [3.63, 3.8) is 0 Å². The van der Waals surface area contributed by atoms with Crippen molar-refractivity contribution in [2.45, 2.75) is 13.8 Å². The molecule has 0 atom stereocenters. The number of anilines is 1. The summed E-state index contributed by atoms with van der Waals surface area (Å²) < 4.78 is 0. The van der Waals surface area contributed by atoms with Gasteiger partial charge in [-0.3, -0.25) is 4.90 Å². The Morgan fingerprint density at radius 3 is 2.32 bits per heavy atom. The molecule has 0 N–H and O–H groups in total. The number of hydrogen-bond acceptors (Lipinski definition) is 4. The first kappa shape index (κ1) is 14.2. The molecule has 0 aliphatic carbocycles. The van der Waals surface area contributed by atoms with Crippen LogP contribution in [0.5, 0.6) is 0 Å². The monoisotopic (exact) mass is 275 g/mol. The van der Waals surface area contributed by atoms with Gasteiger partial charge >= 0.3 is 0 Å². The Balaban J connectivity index is 1.92. The second kappa shape index (κ2) is 6.80. The maximum atomic E-state index is 4.61. The lowest BCUT2D eigenvalue weighted by Gasteiger charge is -2.36. The molecule has 102 valence electrons. The molecule has 0 bridgehead atoms. The summed E-state index contributed by atoms with van der Waals surface area (Å²) in [6, 6.07) is 8.22. The molecule has 0 saturated carbocycles. The maximum Gasteiger partial charge on any atom is 0.0741 e. The lowest BCUT2D eigenvalue weighted by molar-refractivity contribution is 0.231. The fourth-order valence-electron chi connectivity index (χ4n) is 2.50. The Hall–Kier alpha value is -1.22. The Morgan fingerprint density at radius 1 is 1.16 bits per heavy atom. The van der Waals surface area contributed by atoms with Gasteiger partial charge in [0, 0.05) is 38.4 Å². The summed E-state index contributed by atoms with van der Waals surface area (Å²) in [6.07, 6.45) is 0. The van der Waals surface area contributed by atoms with E-state index in [1.54, 1.807) is 0 Å². The minimum atomic E-state index is 0.748. The van der Waals surface area contributed by atoms with Crippen LogP contribution >= 0.6 is 12.2 Å². The predicted molar refractivity (Wildman–Crippen MR) is 84.6 cm³/mol. The van der Waals surface area contributed by atoms with Gasteiger partial charge in [-0.05, 0) is 42.4 Å². The van der Waals surface area contributed by atoms with Crippen LogP contribution in [0.1, 0.15) is 13.8 Å². The van der Waals surface area contributed by atoms with Crippen LogP contribution in [0.3, 0.4) is 0 Å². The second-order valence-electron chi connectivity index (χ2n) is 5.40. The first-order chi connectivity index (χ1) is 9.19. The molecule has 0 aromatic heterocycles. The van der Waals surface area contributed by atoms with Crippen molar-refractivity contribution in [3.8, 4) is 0 Å². The van der Waals surface area contributed by atoms with Crippen molar-refractivity contribution in [2.24, 2.45) is 10.9 Å². The maximum absolute atomic E-state index is 4.61. The molecule has 1 aromatic carbocycles. The molecule has 0 radical (unpaired) electrons. The van der Waals surface area contributed by atoms with Gasteiger partial charge in [0.05, 0.1) is 10.8 Å². The van der Waals surface area contributed by atoms with Gasteiger partial charge in [0.2, 0.25) is 0 Å². The number of isothiocyanates is 1. The van der Waals surface area contributed by atoms with E-state index in [9.17, 15) is 0 Å². The van der Waals surface area contributed by atoms with Crippen molar-refractivity contribution < 1.29 is 0 Å². The molecule has 1 aliphatic heterocycles. The van der Waals surface area contributed by atoms with Crippen molar-refractivity contribution in [1.82, 2.24) is 4.90 Å². The normalized spacial score (nSPS) is 16.5. The number of aliphatic imine (C=N–C) groups is 1. The van der Waals surface area contributed by atoms with Crippen molar-refractivity contribution in [3.05, 3.63) is 24.3 Å². The minimum Gasteiger partial charge on any atom is -0.369 e. The first-order valence-corrected chi connectivity index (χ1v) is 7.25. The fourth-order valence-corrected chi connectivity index (χ4v) is 2.60. The van der Waals surface area contributed by atoms with Crippen molar-refractivity contribution in [2.75, 3.05) is 37.6 Å². The van der Waals surface area contributed by atoms with Crippen molar-refractivity contribution >= 4 is 28.8 Å². The lowest BCUT2D eigenvalue weighted by Crippen LogP contribution is -2.47. The van der Waals surface area contributed by atoms with Crippen LogP contribution in [-0.2, 0) is 0 Å². The summed E-state index contributed by atoms with van der Waals surface area (Å²) in [5.41, 5.74) is 2.14. The van der Waals surface area contributed by atoms with E-state index in [1.807, 2.05) is 12.1 Å². The second-order valence-corrected chi connectivity index (χ2v) is 5.58. The molecule has 1 heterocycles. The molecule has 19 heavy (non-hydrogen) atoms. The molecule has 1 aliphatic rings. The molecule has 1 fully saturated rings. The van der Waals surface area contributed by atoms with Crippen LogP contribution < -0.4 is 4.90 Å². The van der Waals surface area contributed by atoms with E-state index in [1.165, 1.54) is 12.2 Å². The van der Waals surface area contributed by atoms with Gasteiger partial charge in [-0.2, -0.15) is 4.99 Å². The van der Waals surface area contributed by atoms with E-state index >= 15 is 0 Å². The van der Waals surface area contributed by atoms with E-state index in [0.717, 1.165) is 37.8 Å². The number of benzene rings is 1. The summed E-state index contributed by atoms with van der Waals surface area (Å²) >= 11 is 4.61. The molecule has 1 aromatic rings. The Kier molecular flexibility index (Phi) is 5.08. The summed E-state index contributed by atoms with van der Waals surface area (Å²) in [7, 11) is 0. The average Bonchev–Trinajstić information content (AvgIpc) is 2.40. The van der Waals surface area contributed by atoms with E-state index in [-0.39, 0.29) is 0 Å². The zero-order valence-electron chi connectivity index (χ0n) is 11.7. The summed E-state index contributed by atoms with van der Waals surface area (Å²) in [4.78, 5) is 8.96. The third-order valence-corrected chi connectivity index (χ3v) is 3.48. The standard InChI is InChI=1S/C15H21N3S/c1-13(2)11-17-7-9-18(10-8-17)15-5-3-14(4-6-15)16-12-19/h3-6,13H,7-11H2,1-2H3. The Morgan fingerprint density at radius 2 is 1.79 bits per heavy atom. The highest BCUT2D eigenvalue weighted by atomic mass is 32.1. The van der Waals surface area contributed by atoms with Crippen molar-refractivity contribution in [1.29, 1.82) is 0 Å². The van der Waals surface area contributed by atoms with Gasteiger partial charge in [0.25, 0.3) is 0 Å². The average molecular weight is 275 g/mol. The number of piperazine rings is 1. The molecule has 4 heteroatoms. The summed E-state index contributed by atoms with van der Waals surface area (Å²) in [5.74, 6) is 0.748. The lowest BCUT2D eigenvalue weighted by atomic mass is 10.2.